The molecule has 0 spiro atoms. The first-order chi connectivity index (χ1) is 10.5. The Kier molecular flexibility index (Phi) is 5.68. The van der Waals surface area contributed by atoms with Crippen LogP contribution in [0.5, 0.6) is 0 Å². The van der Waals surface area contributed by atoms with Gasteiger partial charge in [-0.05, 0) is 37.0 Å². The molecule has 7 heteroatoms. The number of pyridine rings is 1. The number of piperidine rings is 1. The smallest absolute Gasteiger partial charge is 0.246 e. The Morgan fingerprint density at radius 2 is 2.32 bits per heavy atom. The van der Waals surface area contributed by atoms with E-state index in [0.717, 1.165) is 31.1 Å². The quantitative estimate of drug-likeness (QED) is 0.821. The highest BCUT2D eigenvalue weighted by atomic mass is 32.2. The summed E-state index contributed by atoms with van der Waals surface area (Å²) in [4.78, 5) is 18.1. The molecule has 6 nitrogen and oxygen atoms in total. The van der Waals surface area contributed by atoms with Gasteiger partial charge in [0, 0.05) is 37.6 Å². The third-order valence-electron chi connectivity index (χ3n) is 3.59. The SMILES string of the molecule is CS(=O)(=O)NCC1CCCCN1C(=O)C=Cc1cccnc1. The summed E-state index contributed by atoms with van der Waals surface area (Å²) in [6, 6.07) is 3.59. The molecule has 1 aromatic heterocycles. The number of rotatable bonds is 5. The summed E-state index contributed by atoms with van der Waals surface area (Å²) in [5, 5.41) is 0. The van der Waals surface area contributed by atoms with Crippen molar-refractivity contribution in [2.45, 2.75) is 25.3 Å². The monoisotopic (exact) mass is 323 g/mol. The van der Waals surface area contributed by atoms with Crippen LogP contribution >= 0.6 is 0 Å². The molecule has 1 saturated heterocycles. The molecule has 1 atom stereocenters. The van der Waals surface area contributed by atoms with E-state index in [1.807, 2.05) is 12.1 Å². The van der Waals surface area contributed by atoms with Crippen molar-refractivity contribution < 1.29 is 13.2 Å². The van der Waals surface area contributed by atoms with Gasteiger partial charge in [0.05, 0.1) is 6.26 Å². The van der Waals surface area contributed by atoms with Gasteiger partial charge in [0.2, 0.25) is 15.9 Å². The highest BCUT2D eigenvalue weighted by Gasteiger charge is 2.25. The second-order valence-electron chi connectivity index (χ2n) is 5.42. The van der Waals surface area contributed by atoms with Crippen LogP contribution in [-0.2, 0) is 14.8 Å². The standard InChI is InChI=1S/C15H21N3O3S/c1-22(20,21)17-12-14-6-2-3-10-18(14)15(19)8-7-13-5-4-9-16-11-13/h4-5,7-9,11,14,17H,2-3,6,10,12H2,1H3. The molecule has 1 aliphatic heterocycles. The van der Waals surface area contributed by atoms with E-state index in [2.05, 4.69) is 9.71 Å². The molecule has 1 aliphatic rings. The lowest BCUT2D eigenvalue weighted by molar-refractivity contribution is -0.129. The van der Waals surface area contributed by atoms with E-state index in [-0.39, 0.29) is 18.5 Å². The summed E-state index contributed by atoms with van der Waals surface area (Å²) in [7, 11) is -3.24. The van der Waals surface area contributed by atoms with Gasteiger partial charge in [-0.25, -0.2) is 13.1 Å². The van der Waals surface area contributed by atoms with E-state index in [1.165, 1.54) is 6.08 Å². The van der Waals surface area contributed by atoms with Gasteiger partial charge in [-0.3, -0.25) is 9.78 Å². The van der Waals surface area contributed by atoms with Gasteiger partial charge in [-0.15, -0.1) is 0 Å². The van der Waals surface area contributed by atoms with Crippen LogP contribution in [0.1, 0.15) is 24.8 Å². The Morgan fingerprint density at radius 3 is 3.00 bits per heavy atom. The van der Waals surface area contributed by atoms with Crippen LogP contribution in [-0.4, -0.2) is 49.6 Å². The summed E-state index contributed by atoms with van der Waals surface area (Å²) in [5.41, 5.74) is 0.860. The number of hydrogen-bond acceptors (Lipinski definition) is 4. The molecule has 2 heterocycles. The van der Waals surface area contributed by atoms with Crippen molar-refractivity contribution in [1.29, 1.82) is 0 Å². The maximum Gasteiger partial charge on any atom is 0.246 e. The lowest BCUT2D eigenvalue weighted by Gasteiger charge is -2.35. The van der Waals surface area contributed by atoms with Crippen LogP contribution in [0.4, 0.5) is 0 Å². The van der Waals surface area contributed by atoms with Crippen molar-refractivity contribution >= 4 is 22.0 Å². The number of likely N-dealkylation sites (tertiary alicyclic amines) is 1. The Morgan fingerprint density at radius 1 is 1.50 bits per heavy atom. The van der Waals surface area contributed by atoms with Gasteiger partial charge in [0.15, 0.2) is 0 Å². The first kappa shape index (κ1) is 16.6. The summed E-state index contributed by atoms with van der Waals surface area (Å²) < 4.78 is 24.9. The predicted molar refractivity (Wildman–Crippen MR) is 85.5 cm³/mol. The summed E-state index contributed by atoms with van der Waals surface area (Å²) in [6.07, 6.45) is 10.5. The van der Waals surface area contributed by atoms with Crippen LogP contribution in [0.3, 0.4) is 0 Å². The zero-order valence-electron chi connectivity index (χ0n) is 12.6. The predicted octanol–water partition coefficient (Wildman–Crippen LogP) is 1.03. The van der Waals surface area contributed by atoms with E-state index in [9.17, 15) is 13.2 Å². The van der Waals surface area contributed by atoms with Crippen molar-refractivity contribution in [3.63, 3.8) is 0 Å². The average molecular weight is 323 g/mol. The van der Waals surface area contributed by atoms with Crippen molar-refractivity contribution in [1.82, 2.24) is 14.6 Å². The molecule has 0 aliphatic carbocycles. The Bertz CT molecular complexity index is 629. The van der Waals surface area contributed by atoms with Crippen LogP contribution < -0.4 is 4.72 Å². The lowest BCUT2D eigenvalue weighted by Crippen LogP contribution is -2.48. The third-order valence-corrected chi connectivity index (χ3v) is 4.29. The van der Waals surface area contributed by atoms with Crippen LogP contribution in [0.25, 0.3) is 6.08 Å². The van der Waals surface area contributed by atoms with E-state index in [4.69, 9.17) is 0 Å². The molecule has 22 heavy (non-hydrogen) atoms. The molecule has 1 unspecified atom stereocenters. The number of aromatic nitrogens is 1. The highest BCUT2D eigenvalue weighted by Crippen LogP contribution is 2.17. The third kappa shape index (κ3) is 5.23. The summed E-state index contributed by atoms with van der Waals surface area (Å²) >= 11 is 0. The first-order valence-electron chi connectivity index (χ1n) is 7.29. The molecule has 0 bridgehead atoms. The molecular weight excluding hydrogens is 302 g/mol. The number of hydrogen-bond donors (Lipinski definition) is 1. The first-order valence-corrected chi connectivity index (χ1v) is 9.18. The van der Waals surface area contributed by atoms with E-state index >= 15 is 0 Å². The molecule has 0 aromatic carbocycles. The number of nitrogens with zero attached hydrogens (tertiary/aromatic N) is 2. The lowest BCUT2D eigenvalue weighted by atomic mass is 10.0. The Hall–Kier alpha value is -1.73. The Labute approximate surface area is 131 Å². The summed E-state index contributed by atoms with van der Waals surface area (Å²) in [5.74, 6) is -0.0937. The largest absolute Gasteiger partial charge is 0.335 e. The summed E-state index contributed by atoms with van der Waals surface area (Å²) in [6.45, 7) is 0.928. The molecule has 0 saturated carbocycles. The van der Waals surface area contributed by atoms with Gasteiger partial charge in [0.25, 0.3) is 0 Å². The van der Waals surface area contributed by atoms with Crippen molar-refractivity contribution in [3.8, 4) is 0 Å². The molecule has 1 fully saturated rings. The number of sulfonamides is 1. The zero-order chi connectivity index (χ0) is 16.0. The highest BCUT2D eigenvalue weighted by molar-refractivity contribution is 7.88. The number of nitrogens with one attached hydrogen (secondary N) is 1. The fourth-order valence-corrected chi connectivity index (χ4v) is 2.98. The van der Waals surface area contributed by atoms with Crippen molar-refractivity contribution in [2.75, 3.05) is 19.3 Å². The molecule has 1 aromatic rings. The van der Waals surface area contributed by atoms with Crippen LogP contribution in [0, 0.1) is 0 Å². The second-order valence-corrected chi connectivity index (χ2v) is 7.25. The molecule has 0 radical (unpaired) electrons. The maximum atomic E-state index is 12.3. The van der Waals surface area contributed by atoms with E-state index in [0.29, 0.717) is 6.54 Å². The van der Waals surface area contributed by atoms with E-state index in [1.54, 1.807) is 23.4 Å². The fraction of sp³-hybridized carbons (Fsp3) is 0.467. The average Bonchev–Trinajstić information content (AvgIpc) is 2.51. The minimum absolute atomic E-state index is 0.0884. The molecular formula is C15H21N3O3S. The van der Waals surface area contributed by atoms with Crippen molar-refractivity contribution in [2.24, 2.45) is 0 Å². The van der Waals surface area contributed by atoms with Crippen LogP contribution in [0.2, 0.25) is 0 Å². The van der Waals surface area contributed by atoms with Gasteiger partial charge in [-0.2, -0.15) is 0 Å². The maximum absolute atomic E-state index is 12.3. The normalized spacial score (nSPS) is 19.5. The Balaban J connectivity index is 2.00. The molecule has 2 rings (SSSR count). The fourth-order valence-electron chi connectivity index (χ4n) is 2.49. The molecule has 1 amide bonds. The van der Waals surface area contributed by atoms with Gasteiger partial charge >= 0.3 is 0 Å². The van der Waals surface area contributed by atoms with Gasteiger partial charge < -0.3 is 4.90 Å². The molecule has 1 N–H and O–H groups in total. The number of carbonyl (C=O) groups is 1. The van der Waals surface area contributed by atoms with Gasteiger partial charge in [-0.1, -0.05) is 6.07 Å². The second kappa shape index (κ2) is 7.51. The number of amides is 1. The minimum Gasteiger partial charge on any atom is -0.335 e. The van der Waals surface area contributed by atoms with Crippen molar-refractivity contribution in [3.05, 3.63) is 36.2 Å². The molecule has 120 valence electrons. The van der Waals surface area contributed by atoms with Gasteiger partial charge in [0.1, 0.15) is 0 Å². The van der Waals surface area contributed by atoms with Crippen LogP contribution in [0.15, 0.2) is 30.6 Å². The topological polar surface area (TPSA) is 79.4 Å². The van der Waals surface area contributed by atoms with E-state index < -0.39 is 10.0 Å². The number of carbonyl (C=O) groups excluding carboxylic acids is 1. The zero-order valence-corrected chi connectivity index (χ0v) is 13.4. The minimum atomic E-state index is -3.24.